The first-order valence-corrected chi connectivity index (χ1v) is 17.3. The van der Waals surface area contributed by atoms with Gasteiger partial charge in [-0.3, -0.25) is 0 Å². The Kier molecular flexibility index (Phi) is 7.91. The molecule has 2 atom stereocenters. The number of benzene rings is 6. The van der Waals surface area contributed by atoms with Crippen LogP contribution in [0.4, 0.5) is 0 Å². The predicted molar refractivity (Wildman–Crippen MR) is 202 cm³/mol. The van der Waals surface area contributed by atoms with Crippen LogP contribution in [0.1, 0.15) is 44.5 Å². The summed E-state index contributed by atoms with van der Waals surface area (Å²) in [5.74, 6) is 1.37. The van der Waals surface area contributed by atoms with Crippen LogP contribution in [0.15, 0.2) is 146 Å². The van der Waals surface area contributed by atoms with Gasteiger partial charge < -0.3 is 28.4 Å². The molecule has 0 amide bonds. The molecule has 4 aliphatic heterocycles. The maximum atomic E-state index is 6.51. The molecule has 6 aromatic rings. The number of hydrogen-bond donors (Lipinski definition) is 0. The molecule has 0 N–H and O–H groups in total. The van der Waals surface area contributed by atoms with Crippen molar-refractivity contribution in [1.82, 2.24) is 0 Å². The fourth-order valence-corrected chi connectivity index (χ4v) is 7.42. The monoisotopic (exact) mass is 684 g/mol. The second kappa shape index (κ2) is 12.9. The number of fused-ring (bicyclic) bond motifs is 8. The highest BCUT2D eigenvalue weighted by Crippen LogP contribution is 2.52. The quantitative estimate of drug-likeness (QED) is 0.184. The minimum atomic E-state index is -0.949. The molecule has 0 bridgehead atoms. The SMILES string of the molecule is COc1ccc([C@@]23OCc4ccccc4C2=Cc2ccccc2O3)cc1.COc1ccc([C@]23OCc4ccccc4C2=Cc2ccccc2O3)cc1. The number of hydrogen-bond acceptors (Lipinski definition) is 6. The Morgan fingerprint density at radius 2 is 0.827 bits per heavy atom. The molecule has 0 radical (unpaired) electrons. The molecule has 0 aliphatic carbocycles. The van der Waals surface area contributed by atoms with Gasteiger partial charge in [0.15, 0.2) is 0 Å². The van der Waals surface area contributed by atoms with E-state index < -0.39 is 11.6 Å². The lowest BCUT2D eigenvalue weighted by atomic mass is 9.84. The highest BCUT2D eigenvalue weighted by Gasteiger charge is 2.48. The van der Waals surface area contributed by atoms with Crippen LogP contribution in [0.2, 0.25) is 0 Å². The highest BCUT2D eigenvalue weighted by atomic mass is 16.7. The van der Waals surface area contributed by atoms with Crippen molar-refractivity contribution in [1.29, 1.82) is 0 Å². The van der Waals surface area contributed by atoms with Crippen LogP contribution in [0, 0.1) is 0 Å². The summed E-state index contributed by atoms with van der Waals surface area (Å²) in [7, 11) is 3.33. The van der Waals surface area contributed by atoms with E-state index in [9.17, 15) is 0 Å². The maximum absolute atomic E-state index is 6.51. The molecular formula is C46H36O6. The van der Waals surface area contributed by atoms with Crippen LogP contribution in [0.25, 0.3) is 23.3 Å². The van der Waals surface area contributed by atoms with Gasteiger partial charge in [0.25, 0.3) is 11.6 Å². The van der Waals surface area contributed by atoms with Gasteiger partial charge >= 0.3 is 0 Å². The number of rotatable bonds is 4. The summed E-state index contributed by atoms with van der Waals surface area (Å²) in [5.41, 5.74) is 10.8. The minimum Gasteiger partial charge on any atom is -0.497 e. The topological polar surface area (TPSA) is 55.4 Å². The minimum absolute atomic E-state index is 0.502. The van der Waals surface area contributed by atoms with Crippen molar-refractivity contribution in [3.8, 4) is 23.0 Å². The largest absolute Gasteiger partial charge is 0.497 e. The van der Waals surface area contributed by atoms with Gasteiger partial charge in [-0.1, -0.05) is 84.9 Å². The lowest BCUT2D eigenvalue weighted by Crippen LogP contribution is -2.42. The summed E-state index contributed by atoms with van der Waals surface area (Å²) >= 11 is 0. The molecule has 10 rings (SSSR count). The highest BCUT2D eigenvalue weighted by molar-refractivity contribution is 5.92. The molecule has 0 saturated heterocycles. The van der Waals surface area contributed by atoms with Gasteiger partial charge in [-0.05, 0) is 95.1 Å². The van der Waals surface area contributed by atoms with E-state index in [-0.39, 0.29) is 0 Å². The second-order valence-corrected chi connectivity index (χ2v) is 13.0. The van der Waals surface area contributed by atoms with Crippen molar-refractivity contribution in [3.05, 3.63) is 190 Å². The lowest BCUT2D eigenvalue weighted by molar-refractivity contribution is -0.160. The molecule has 256 valence electrons. The third kappa shape index (κ3) is 5.27. The van der Waals surface area contributed by atoms with Crippen molar-refractivity contribution in [2.45, 2.75) is 24.8 Å². The van der Waals surface area contributed by atoms with Crippen LogP contribution in [0.3, 0.4) is 0 Å². The normalized spacial score (nSPS) is 20.1. The number of methoxy groups -OCH3 is 2. The standard InChI is InChI=1S/2C23H18O3/c2*1-24-19-12-10-18(11-13-19)23-21(14-16-6-3-5-9-22(16)26-23)20-8-4-2-7-17(20)15-25-23/h2*2-14H,15H2,1H3/t2*23-/m10/s1. The first kappa shape index (κ1) is 31.9. The Labute approximate surface area is 303 Å². The lowest BCUT2D eigenvalue weighted by Gasteiger charge is -2.43. The van der Waals surface area contributed by atoms with Crippen LogP contribution in [-0.4, -0.2) is 14.2 Å². The van der Waals surface area contributed by atoms with Crippen molar-refractivity contribution in [3.63, 3.8) is 0 Å². The molecule has 0 fully saturated rings. The molecule has 6 nitrogen and oxygen atoms in total. The van der Waals surface area contributed by atoms with Crippen LogP contribution >= 0.6 is 0 Å². The fraction of sp³-hybridized carbons (Fsp3) is 0.130. The van der Waals surface area contributed by atoms with Crippen molar-refractivity contribution >= 4 is 23.3 Å². The van der Waals surface area contributed by atoms with Gasteiger partial charge in [0, 0.05) is 33.4 Å². The molecule has 4 heterocycles. The molecule has 52 heavy (non-hydrogen) atoms. The average molecular weight is 685 g/mol. The van der Waals surface area contributed by atoms with Crippen LogP contribution in [0.5, 0.6) is 23.0 Å². The Morgan fingerprint density at radius 3 is 1.25 bits per heavy atom. The Bertz CT molecular complexity index is 2170. The molecule has 0 spiro atoms. The summed E-state index contributed by atoms with van der Waals surface area (Å²) in [5, 5.41) is 0. The Morgan fingerprint density at radius 1 is 0.442 bits per heavy atom. The third-order valence-electron chi connectivity index (χ3n) is 10.1. The van der Waals surface area contributed by atoms with E-state index in [1.54, 1.807) is 14.2 Å². The van der Waals surface area contributed by atoms with Gasteiger partial charge in [0.2, 0.25) is 0 Å². The first-order chi connectivity index (χ1) is 25.6. The second-order valence-electron chi connectivity index (χ2n) is 13.0. The summed E-state index contributed by atoms with van der Waals surface area (Å²) in [6.07, 6.45) is 4.36. The van der Waals surface area contributed by atoms with Crippen molar-refractivity contribution in [2.75, 3.05) is 14.2 Å². The van der Waals surface area contributed by atoms with Crippen molar-refractivity contribution in [2.24, 2.45) is 0 Å². The van der Waals surface area contributed by atoms with Crippen LogP contribution in [-0.2, 0) is 34.3 Å². The van der Waals surface area contributed by atoms with E-state index >= 15 is 0 Å². The van der Waals surface area contributed by atoms with Gasteiger partial charge in [-0.15, -0.1) is 0 Å². The molecular weight excluding hydrogens is 649 g/mol. The molecule has 6 heteroatoms. The van der Waals surface area contributed by atoms with E-state index in [1.807, 2.05) is 97.1 Å². The van der Waals surface area contributed by atoms with E-state index in [4.69, 9.17) is 28.4 Å². The summed E-state index contributed by atoms with van der Waals surface area (Å²) in [6, 6.07) is 48.6. The van der Waals surface area contributed by atoms with Gasteiger partial charge in [0.1, 0.15) is 23.0 Å². The van der Waals surface area contributed by atoms with E-state index in [2.05, 4.69) is 60.7 Å². The zero-order valence-electron chi connectivity index (χ0n) is 28.9. The maximum Gasteiger partial charge on any atom is 0.265 e. The molecule has 0 saturated carbocycles. The first-order valence-electron chi connectivity index (χ1n) is 17.3. The molecule has 6 aromatic carbocycles. The Balaban J connectivity index is 0.000000138. The van der Waals surface area contributed by atoms with E-state index in [0.29, 0.717) is 13.2 Å². The van der Waals surface area contributed by atoms with E-state index in [1.165, 1.54) is 22.3 Å². The smallest absolute Gasteiger partial charge is 0.265 e. The zero-order valence-corrected chi connectivity index (χ0v) is 28.9. The van der Waals surface area contributed by atoms with Gasteiger partial charge in [-0.2, -0.15) is 0 Å². The Hall–Kier alpha value is -6.08. The third-order valence-corrected chi connectivity index (χ3v) is 10.1. The summed E-state index contributed by atoms with van der Waals surface area (Å²) in [6.45, 7) is 1.00. The molecule has 0 aromatic heterocycles. The average Bonchev–Trinajstić information content (AvgIpc) is 3.22. The van der Waals surface area contributed by atoms with Crippen molar-refractivity contribution < 1.29 is 28.4 Å². The van der Waals surface area contributed by atoms with Gasteiger partial charge in [-0.25, -0.2) is 0 Å². The van der Waals surface area contributed by atoms with E-state index in [0.717, 1.165) is 56.4 Å². The zero-order chi connectivity index (χ0) is 35.1. The number of ether oxygens (including phenoxy) is 6. The predicted octanol–water partition coefficient (Wildman–Crippen LogP) is 10.0. The number of para-hydroxylation sites is 2. The summed E-state index contributed by atoms with van der Waals surface area (Å²) in [4.78, 5) is 0. The fourth-order valence-electron chi connectivity index (χ4n) is 7.42. The van der Waals surface area contributed by atoms with Gasteiger partial charge in [0.05, 0.1) is 27.4 Å². The molecule has 4 aliphatic rings. The summed E-state index contributed by atoms with van der Waals surface area (Å²) < 4.78 is 36.4. The van der Waals surface area contributed by atoms with Crippen LogP contribution < -0.4 is 18.9 Å². The molecule has 0 unspecified atom stereocenters.